The third kappa shape index (κ3) is 10.0. The number of ether oxygens (including phenoxy) is 6. The lowest BCUT2D eigenvalue weighted by Gasteiger charge is -2.48. The van der Waals surface area contributed by atoms with Crippen LogP contribution in [0.2, 0.25) is 0 Å². The molecule has 52 heavy (non-hydrogen) atoms. The molecule has 0 spiro atoms. The van der Waals surface area contributed by atoms with Gasteiger partial charge in [0.1, 0.15) is 30.0 Å². The molecule has 14 nitrogen and oxygen atoms in total. The van der Waals surface area contributed by atoms with Gasteiger partial charge in [-0.25, -0.2) is 0 Å². The molecule has 3 aliphatic rings. The summed E-state index contributed by atoms with van der Waals surface area (Å²) in [7, 11) is 7.12. The van der Waals surface area contributed by atoms with E-state index in [2.05, 4.69) is 0 Å². The lowest BCUT2D eigenvalue weighted by molar-refractivity contribution is -0.318. The molecule has 306 valence electrons. The highest BCUT2D eigenvalue weighted by Gasteiger charge is 2.52. The van der Waals surface area contributed by atoms with Gasteiger partial charge in [-0.1, -0.05) is 20.8 Å². The Morgan fingerprint density at radius 1 is 0.942 bits per heavy atom. The minimum Gasteiger partial charge on any atom is -0.459 e. The maximum absolute atomic E-state index is 14.2. The lowest BCUT2D eigenvalue weighted by Crippen LogP contribution is -2.60. The molecule has 0 radical (unpaired) electrons. The van der Waals surface area contributed by atoms with Crippen molar-refractivity contribution in [2.45, 2.75) is 185 Å². The molecule has 5 N–H and O–H groups in total. The Labute approximate surface area is 312 Å². The van der Waals surface area contributed by atoms with Crippen molar-refractivity contribution in [3.63, 3.8) is 0 Å². The van der Waals surface area contributed by atoms with Crippen LogP contribution >= 0.6 is 0 Å². The number of hydrogen-bond acceptors (Lipinski definition) is 14. The van der Waals surface area contributed by atoms with Gasteiger partial charge in [0.25, 0.3) is 0 Å². The van der Waals surface area contributed by atoms with Crippen LogP contribution in [0.5, 0.6) is 0 Å². The van der Waals surface area contributed by atoms with Crippen LogP contribution in [-0.2, 0) is 33.2 Å². The fraction of sp³-hybridized carbons (Fsp3) is 0.974. The molecule has 0 aromatic carbocycles. The van der Waals surface area contributed by atoms with Gasteiger partial charge in [0, 0.05) is 38.1 Å². The summed E-state index contributed by atoms with van der Waals surface area (Å²) in [6.45, 7) is 18.0. The van der Waals surface area contributed by atoms with Crippen molar-refractivity contribution in [1.82, 2.24) is 9.80 Å². The molecule has 0 saturated carbocycles. The normalized spacial score (nSPS) is 49.6. The van der Waals surface area contributed by atoms with Crippen molar-refractivity contribution in [2.24, 2.45) is 17.8 Å². The zero-order valence-electron chi connectivity index (χ0n) is 34.2. The van der Waals surface area contributed by atoms with E-state index < -0.39 is 96.0 Å². The maximum atomic E-state index is 14.2. The number of esters is 1. The van der Waals surface area contributed by atoms with Gasteiger partial charge in [0.2, 0.25) is 0 Å². The number of methoxy groups -OCH3 is 1. The Balaban J connectivity index is 2.17. The van der Waals surface area contributed by atoms with Crippen LogP contribution in [0.1, 0.15) is 94.9 Å². The molecule has 0 bridgehead atoms. The third-order valence-electron chi connectivity index (χ3n) is 12.2. The first-order valence-corrected chi connectivity index (χ1v) is 19.1. The topological polar surface area (TPSA) is 180 Å². The molecule has 0 aromatic rings. The van der Waals surface area contributed by atoms with Crippen molar-refractivity contribution in [3.8, 4) is 0 Å². The van der Waals surface area contributed by atoms with E-state index >= 15 is 0 Å². The van der Waals surface area contributed by atoms with Crippen LogP contribution in [0.15, 0.2) is 0 Å². The predicted molar refractivity (Wildman–Crippen MR) is 194 cm³/mol. The first-order chi connectivity index (χ1) is 23.9. The van der Waals surface area contributed by atoms with E-state index in [4.69, 9.17) is 28.4 Å². The molecule has 0 aliphatic carbocycles. The second-order valence-corrected chi connectivity index (χ2v) is 17.2. The number of carbonyl (C=O) groups is 1. The Hall–Kier alpha value is -1.01. The van der Waals surface area contributed by atoms with Crippen LogP contribution < -0.4 is 0 Å². The minimum absolute atomic E-state index is 0.133. The molecule has 3 heterocycles. The van der Waals surface area contributed by atoms with Gasteiger partial charge in [0.15, 0.2) is 12.6 Å². The maximum Gasteiger partial charge on any atom is 0.311 e. The Morgan fingerprint density at radius 2 is 1.56 bits per heavy atom. The van der Waals surface area contributed by atoms with Crippen LogP contribution in [0.4, 0.5) is 0 Å². The average Bonchev–Trinajstić information content (AvgIpc) is 3.05. The lowest BCUT2D eigenvalue weighted by atomic mass is 9.77. The highest BCUT2D eigenvalue weighted by Crippen LogP contribution is 2.40. The molecule has 0 aromatic heterocycles. The number of carbonyl (C=O) groups excluding carboxylic acids is 1. The molecule has 14 heteroatoms. The summed E-state index contributed by atoms with van der Waals surface area (Å²) in [5.41, 5.74) is -4.37. The number of hydrogen-bond donors (Lipinski definition) is 5. The molecule has 3 saturated heterocycles. The zero-order valence-corrected chi connectivity index (χ0v) is 34.2. The van der Waals surface area contributed by atoms with Crippen molar-refractivity contribution in [3.05, 3.63) is 0 Å². The summed E-state index contributed by atoms with van der Waals surface area (Å²) in [4.78, 5) is 18.0. The summed E-state index contributed by atoms with van der Waals surface area (Å²) < 4.78 is 37.5. The summed E-state index contributed by atoms with van der Waals surface area (Å²) in [6.07, 6.45) is -8.19. The molecular weight excluding hydrogens is 676 g/mol. The van der Waals surface area contributed by atoms with Crippen molar-refractivity contribution >= 4 is 5.97 Å². The number of aliphatic hydroxyl groups excluding tert-OH is 3. The van der Waals surface area contributed by atoms with Gasteiger partial charge < -0.3 is 63.8 Å². The van der Waals surface area contributed by atoms with E-state index in [1.165, 1.54) is 14.0 Å². The van der Waals surface area contributed by atoms with Crippen molar-refractivity contribution < 1.29 is 58.7 Å². The average molecular weight is 749 g/mol. The summed E-state index contributed by atoms with van der Waals surface area (Å²) >= 11 is 0. The van der Waals surface area contributed by atoms with Gasteiger partial charge in [-0.05, 0) is 94.8 Å². The number of rotatable bonds is 7. The largest absolute Gasteiger partial charge is 0.459 e. The summed E-state index contributed by atoms with van der Waals surface area (Å²) in [5.74, 6) is -2.58. The SMILES string of the molecule is CC[C@H]1OC(=O)[C@H](C)[C@H](O[C@H]2C[C@@](C)(OC)[C@@H](O)[C@H](C)O2)[C@@H](C)[C@@H](O[C@@H]2O[C@H](C)C[C@H](N(C)C)[C@H]2O)[C@](C)(O)C[C@@H](C)CN(C)[C@H](C)[C@H](O)[C@]1(C)O. The molecule has 0 unspecified atom stereocenters. The number of likely N-dealkylation sites (N-methyl/N-ethyl adjacent to an activating group) is 2. The first kappa shape index (κ1) is 45.4. The van der Waals surface area contributed by atoms with E-state index in [-0.39, 0.29) is 37.3 Å². The fourth-order valence-corrected chi connectivity index (χ4v) is 8.74. The number of cyclic esters (lactones) is 1. The quantitative estimate of drug-likeness (QED) is 0.238. The molecule has 3 rings (SSSR count). The van der Waals surface area contributed by atoms with Gasteiger partial charge in [-0.15, -0.1) is 0 Å². The number of nitrogens with zero attached hydrogens (tertiary/aromatic N) is 2. The standard InChI is InChI=1S/C38H72N2O12/c1-15-27-38(10,46)31(42)24(6)40(13)19-20(2)17-36(8,45)33(52-35-29(41)26(39(11)12)16-21(3)48-35)22(4)30(23(5)34(44)50-27)51-28-18-37(9,47-14)32(43)25(7)49-28/h20-33,35,41-43,45-46H,15-19H2,1-14H3/t20-,21-,22-,23-,24-,25+,26+,27-,28+,29-,30-,31+,32+,33-,35+,36-,37-,38-/m1/s1. The molecule has 18 atom stereocenters. The van der Waals surface area contributed by atoms with Gasteiger partial charge >= 0.3 is 5.97 Å². The van der Waals surface area contributed by atoms with E-state index in [9.17, 15) is 30.3 Å². The van der Waals surface area contributed by atoms with Gasteiger partial charge in [-0.3, -0.25) is 4.79 Å². The van der Waals surface area contributed by atoms with Crippen LogP contribution in [0.25, 0.3) is 0 Å². The monoisotopic (exact) mass is 749 g/mol. The van der Waals surface area contributed by atoms with Crippen LogP contribution in [0, 0.1) is 17.8 Å². The smallest absolute Gasteiger partial charge is 0.311 e. The summed E-state index contributed by atoms with van der Waals surface area (Å²) in [6, 6.07) is -0.808. The highest BCUT2D eigenvalue weighted by atomic mass is 16.7. The molecule has 3 fully saturated rings. The van der Waals surface area contributed by atoms with Gasteiger partial charge in [0.05, 0.1) is 41.5 Å². The second kappa shape index (κ2) is 17.8. The highest BCUT2D eigenvalue weighted by molar-refractivity contribution is 5.73. The molecular formula is C38H72N2O12. The van der Waals surface area contributed by atoms with Crippen molar-refractivity contribution in [2.75, 3.05) is 34.8 Å². The predicted octanol–water partition coefficient (Wildman–Crippen LogP) is 1.90. The first-order valence-electron chi connectivity index (χ1n) is 19.1. The van der Waals surface area contributed by atoms with Crippen molar-refractivity contribution in [1.29, 1.82) is 0 Å². The van der Waals surface area contributed by atoms with Gasteiger partial charge in [-0.2, -0.15) is 0 Å². The zero-order chi connectivity index (χ0) is 39.7. The molecule has 0 amide bonds. The molecule has 3 aliphatic heterocycles. The van der Waals surface area contributed by atoms with E-state index in [1.807, 2.05) is 51.7 Å². The minimum atomic E-state index is -1.80. The Morgan fingerprint density at radius 3 is 2.12 bits per heavy atom. The Bertz CT molecular complexity index is 1140. The summed E-state index contributed by atoms with van der Waals surface area (Å²) in [5, 5.41) is 58.1. The van der Waals surface area contributed by atoms with Crippen LogP contribution in [0.3, 0.4) is 0 Å². The van der Waals surface area contributed by atoms with E-state index in [0.29, 0.717) is 13.0 Å². The Kier molecular flexibility index (Phi) is 15.6. The second-order valence-electron chi connectivity index (χ2n) is 17.2. The fourth-order valence-electron chi connectivity index (χ4n) is 8.74. The third-order valence-corrected chi connectivity index (χ3v) is 12.2. The van der Waals surface area contributed by atoms with E-state index in [0.717, 1.165) is 0 Å². The number of aliphatic hydroxyl groups is 5. The van der Waals surface area contributed by atoms with Crippen LogP contribution in [-0.4, -0.2) is 166 Å². The van der Waals surface area contributed by atoms with E-state index in [1.54, 1.807) is 41.5 Å².